The van der Waals surface area contributed by atoms with Gasteiger partial charge >= 0.3 is 6.03 Å². The number of methoxy groups -OCH3 is 1. The number of nitrogens with zero attached hydrogens (tertiary/aromatic N) is 3. The molecule has 0 spiro atoms. The first-order chi connectivity index (χ1) is 18.6. The molecule has 0 bridgehead atoms. The molecule has 0 radical (unpaired) electrons. The molecule has 3 heterocycles. The topological polar surface area (TPSA) is 49.7 Å². The number of aromatic nitrogens is 1. The van der Waals surface area contributed by atoms with Gasteiger partial charge in [-0.05, 0) is 93.3 Å². The van der Waals surface area contributed by atoms with Crippen molar-refractivity contribution in [2.24, 2.45) is 5.92 Å². The molecule has 3 aliphatic rings. The zero-order valence-corrected chi connectivity index (χ0v) is 23.3. The number of likely N-dealkylation sites (tertiary alicyclic amines) is 2. The van der Waals surface area contributed by atoms with E-state index < -0.39 is 0 Å². The third kappa shape index (κ3) is 6.53. The van der Waals surface area contributed by atoms with Crippen LogP contribution in [0.1, 0.15) is 50.0 Å². The maximum absolute atomic E-state index is 13.0. The van der Waals surface area contributed by atoms with Crippen LogP contribution in [0.15, 0.2) is 42.6 Å². The van der Waals surface area contributed by atoms with Crippen molar-refractivity contribution in [3.63, 3.8) is 0 Å². The lowest BCUT2D eigenvalue weighted by molar-refractivity contribution is 0.119. The Morgan fingerprint density at radius 2 is 1.82 bits per heavy atom. The van der Waals surface area contributed by atoms with E-state index >= 15 is 0 Å². The summed E-state index contributed by atoms with van der Waals surface area (Å²) in [7, 11) is 1.76. The van der Waals surface area contributed by atoms with Gasteiger partial charge in [0.25, 0.3) is 0 Å². The minimum Gasteiger partial charge on any atom is -0.383 e. The van der Waals surface area contributed by atoms with Crippen molar-refractivity contribution in [2.45, 2.75) is 44.4 Å². The first-order valence-corrected chi connectivity index (χ1v) is 14.6. The van der Waals surface area contributed by atoms with E-state index in [1.165, 1.54) is 16.1 Å². The summed E-state index contributed by atoms with van der Waals surface area (Å²) in [4.78, 5) is 17.4. The second-order valence-electron chi connectivity index (χ2n) is 10.8. The van der Waals surface area contributed by atoms with Crippen molar-refractivity contribution in [1.82, 2.24) is 19.7 Å². The van der Waals surface area contributed by atoms with Crippen LogP contribution in [0.25, 0.3) is 17.8 Å². The van der Waals surface area contributed by atoms with Crippen molar-refractivity contribution in [2.75, 3.05) is 53.0 Å². The second kappa shape index (κ2) is 13.0. The van der Waals surface area contributed by atoms with Gasteiger partial charge in [0.1, 0.15) is 0 Å². The number of ether oxygens (including phenoxy) is 1. The van der Waals surface area contributed by atoms with E-state index in [0.29, 0.717) is 11.8 Å². The number of nitrogens with one attached hydrogen (secondary N) is 1. The number of benzene rings is 1. The van der Waals surface area contributed by atoms with Crippen LogP contribution in [-0.2, 0) is 4.74 Å². The molecule has 0 unspecified atom stereocenters. The molecule has 0 atom stereocenters. The Balaban J connectivity index is 1.21. The zero-order chi connectivity index (χ0) is 26.3. The summed E-state index contributed by atoms with van der Waals surface area (Å²) in [5, 5.41) is 6.57. The third-order valence-corrected chi connectivity index (χ3v) is 8.62. The maximum atomic E-state index is 13.0. The molecule has 5 rings (SSSR count). The van der Waals surface area contributed by atoms with Crippen LogP contribution in [-0.4, -0.2) is 73.4 Å². The highest BCUT2D eigenvalue weighted by atomic mass is 35.5. The Morgan fingerprint density at radius 1 is 1.05 bits per heavy atom. The van der Waals surface area contributed by atoms with Gasteiger partial charge in [-0.1, -0.05) is 35.9 Å². The van der Waals surface area contributed by atoms with Crippen molar-refractivity contribution in [3.05, 3.63) is 63.8 Å². The molecular formula is C31H41ClN4O2. The Kier molecular flexibility index (Phi) is 9.26. The normalized spacial score (nSPS) is 21.9. The molecule has 7 heteroatoms. The summed E-state index contributed by atoms with van der Waals surface area (Å²) in [6.07, 6.45) is 17.7. The number of allylic oxidation sites excluding steroid dienone is 2. The van der Waals surface area contributed by atoms with Gasteiger partial charge in [-0.2, -0.15) is 0 Å². The van der Waals surface area contributed by atoms with Gasteiger partial charge in [0.2, 0.25) is 0 Å². The molecule has 2 aliphatic heterocycles. The molecule has 2 amide bonds. The van der Waals surface area contributed by atoms with E-state index in [1.807, 2.05) is 17.0 Å². The molecule has 38 heavy (non-hydrogen) atoms. The van der Waals surface area contributed by atoms with Crippen LogP contribution in [0.3, 0.4) is 0 Å². The summed E-state index contributed by atoms with van der Waals surface area (Å²) in [5.74, 6) is 1.01. The average molecular weight is 537 g/mol. The first kappa shape index (κ1) is 27.0. The fraction of sp³-hybridized carbons (Fsp3) is 0.516. The number of hydrogen-bond acceptors (Lipinski definition) is 3. The Labute approximate surface area is 231 Å². The van der Waals surface area contributed by atoms with E-state index in [4.69, 9.17) is 16.3 Å². The average Bonchev–Trinajstić information content (AvgIpc) is 3.28. The Hall–Kier alpha value is -2.54. The predicted octanol–water partition coefficient (Wildman–Crippen LogP) is 4.29. The van der Waals surface area contributed by atoms with Crippen molar-refractivity contribution >= 4 is 29.8 Å². The number of fused-ring (bicyclic) bond motifs is 1. The number of hydrogen-bond donors (Lipinski definition) is 1. The van der Waals surface area contributed by atoms with E-state index in [1.54, 1.807) is 7.11 Å². The molecule has 1 N–H and O–H groups in total. The molecule has 0 saturated carbocycles. The van der Waals surface area contributed by atoms with Crippen LogP contribution >= 0.6 is 11.6 Å². The van der Waals surface area contributed by atoms with Crippen molar-refractivity contribution in [3.8, 4) is 5.69 Å². The molecular weight excluding hydrogens is 496 g/mol. The standard InChI is InChI=1S/C31H41ClN4O2/c1-38-21-20-34-16-12-24(13-17-34)22-33-31(37)35-18-14-25(15-19-35)29-23-36(27-10-8-26(32)9-11-27)30-7-5-3-2-4-6-28(29)30/h2,4,6-11,23-25H,3,5,12-22H2,1H3,(H,33,37)/b4-2+,28-6-,30-7-. The molecule has 1 aromatic carbocycles. The molecule has 204 valence electrons. The number of carbonyl (C=O) groups is 1. The summed E-state index contributed by atoms with van der Waals surface area (Å²) in [6.45, 7) is 6.37. The van der Waals surface area contributed by atoms with Crippen LogP contribution in [0, 0.1) is 5.92 Å². The maximum Gasteiger partial charge on any atom is 0.317 e. The summed E-state index contributed by atoms with van der Waals surface area (Å²) in [6, 6.07) is 8.19. The smallest absolute Gasteiger partial charge is 0.317 e. The van der Waals surface area contributed by atoms with Gasteiger partial charge in [-0.15, -0.1) is 0 Å². The number of carbonyl (C=O) groups excluding carboxylic acids is 1. The lowest BCUT2D eigenvalue weighted by Gasteiger charge is -2.34. The van der Waals surface area contributed by atoms with Crippen LogP contribution < -0.4 is 15.9 Å². The van der Waals surface area contributed by atoms with Crippen LogP contribution in [0.5, 0.6) is 0 Å². The van der Waals surface area contributed by atoms with Crippen LogP contribution in [0.2, 0.25) is 5.02 Å². The van der Waals surface area contributed by atoms with Gasteiger partial charge in [0.05, 0.1) is 6.61 Å². The highest BCUT2D eigenvalue weighted by molar-refractivity contribution is 6.30. The zero-order valence-electron chi connectivity index (χ0n) is 22.6. The van der Waals surface area contributed by atoms with Crippen molar-refractivity contribution < 1.29 is 9.53 Å². The van der Waals surface area contributed by atoms with Crippen LogP contribution in [0.4, 0.5) is 4.79 Å². The SMILES string of the molecule is COCCN1CCC(CNC(=O)N2CCC(c3cn(-c4ccc(Cl)cc4)c4/c3=C\C=C\CC/C=4)CC2)CC1. The fourth-order valence-electron chi connectivity index (χ4n) is 6.03. The molecule has 2 saturated heterocycles. The van der Waals surface area contributed by atoms with E-state index in [-0.39, 0.29) is 6.03 Å². The minimum atomic E-state index is 0.0992. The van der Waals surface area contributed by atoms with E-state index in [0.717, 1.165) is 95.1 Å². The minimum absolute atomic E-state index is 0.0992. The second-order valence-corrected chi connectivity index (χ2v) is 11.3. The monoisotopic (exact) mass is 536 g/mol. The molecule has 2 aromatic rings. The quantitative estimate of drug-likeness (QED) is 0.574. The van der Waals surface area contributed by atoms with Crippen molar-refractivity contribution in [1.29, 1.82) is 0 Å². The number of amides is 2. The third-order valence-electron chi connectivity index (χ3n) is 8.37. The summed E-state index contributed by atoms with van der Waals surface area (Å²) in [5.41, 5.74) is 2.52. The number of urea groups is 1. The van der Waals surface area contributed by atoms with Gasteiger partial charge in [0, 0.05) is 60.8 Å². The summed E-state index contributed by atoms with van der Waals surface area (Å²) < 4.78 is 7.52. The molecule has 1 aliphatic carbocycles. The number of piperidine rings is 2. The lowest BCUT2D eigenvalue weighted by atomic mass is 9.90. The highest BCUT2D eigenvalue weighted by Crippen LogP contribution is 2.27. The molecule has 2 fully saturated rings. The summed E-state index contributed by atoms with van der Waals surface area (Å²) >= 11 is 6.17. The van der Waals surface area contributed by atoms with Gasteiger partial charge in [0.15, 0.2) is 0 Å². The van der Waals surface area contributed by atoms with E-state index in [2.05, 4.69) is 57.4 Å². The lowest BCUT2D eigenvalue weighted by Crippen LogP contribution is -2.47. The Morgan fingerprint density at radius 3 is 2.55 bits per heavy atom. The fourth-order valence-corrected chi connectivity index (χ4v) is 6.16. The van der Waals surface area contributed by atoms with Gasteiger partial charge in [-0.3, -0.25) is 0 Å². The Bertz CT molecular complexity index is 1220. The van der Waals surface area contributed by atoms with Gasteiger partial charge in [-0.25, -0.2) is 4.79 Å². The predicted molar refractivity (Wildman–Crippen MR) is 155 cm³/mol. The van der Waals surface area contributed by atoms with E-state index in [9.17, 15) is 4.79 Å². The highest BCUT2D eigenvalue weighted by Gasteiger charge is 2.27. The number of rotatable bonds is 7. The van der Waals surface area contributed by atoms with Gasteiger partial charge < -0.3 is 24.4 Å². The molecule has 6 nitrogen and oxygen atoms in total. The first-order valence-electron chi connectivity index (χ1n) is 14.2. The largest absolute Gasteiger partial charge is 0.383 e. The molecule has 1 aromatic heterocycles. The number of halogens is 1.